The predicted octanol–water partition coefficient (Wildman–Crippen LogP) is 13.5. The molecule has 5 aromatic rings. The molecule has 0 N–H and O–H groups in total. The van der Waals surface area contributed by atoms with Crippen molar-refractivity contribution in [2.45, 2.75) is 163 Å². The highest BCUT2D eigenvalue weighted by atomic mass is 32.2. The molecule has 3 aliphatic rings. The van der Waals surface area contributed by atoms with Crippen molar-refractivity contribution >= 4 is 45.1 Å². The van der Waals surface area contributed by atoms with Crippen molar-refractivity contribution in [1.82, 2.24) is 9.78 Å². The largest absolute Gasteiger partial charge is 0.451 e. The van der Waals surface area contributed by atoms with Crippen LogP contribution in [0.4, 0.5) is 0 Å². The van der Waals surface area contributed by atoms with Crippen LogP contribution in [-0.2, 0) is 27.0 Å². The summed E-state index contributed by atoms with van der Waals surface area (Å²) in [6.07, 6.45) is 0. The van der Waals surface area contributed by atoms with Gasteiger partial charge in [0.15, 0.2) is 5.76 Å². The van der Waals surface area contributed by atoms with Gasteiger partial charge in [-0.05, 0) is 247 Å². The fourth-order valence-electron chi connectivity index (χ4n) is 10.2. The molecule has 0 atom stereocenters. The normalized spacial score (nSPS) is 15.1. The quantitative estimate of drug-likeness (QED) is 0.143. The fraction of sp³-hybridized carbons (Fsp3) is 0.446. The zero-order valence-corrected chi connectivity index (χ0v) is 44.3. The number of carbonyl (C=O) groups is 2. The number of hydrogen-bond donors (Lipinski definition) is 0. The van der Waals surface area contributed by atoms with E-state index in [1.54, 1.807) is 7.05 Å². The topological polar surface area (TPSA) is 99.8 Å². The maximum absolute atomic E-state index is 12.2. The van der Waals surface area contributed by atoms with E-state index in [1.807, 2.05) is 41.5 Å². The summed E-state index contributed by atoms with van der Waals surface area (Å²) in [4.78, 5) is 41.4. The van der Waals surface area contributed by atoms with Gasteiger partial charge in [-0.3, -0.25) is 9.59 Å². The van der Waals surface area contributed by atoms with E-state index < -0.39 is 5.60 Å². The molecular formula is C56H71N3O5S. The highest BCUT2D eigenvalue weighted by Gasteiger charge is 2.42. The van der Waals surface area contributed by atoms with E-state index in [9.17, 15) is 14.4 Å². The maximum atomic E-state index is 12.2. The molecule has 0 unspecified atom stereocenters. The minimum absolute atomic E-state index is 0.00528. The molecule has 4 heterocycles. The zero-order valence-electron chi connectivity index (χ0n) is 43.5. The first kappa shape index (κ1) is 50.7. The van der Waals surface area contributed by atoms with Gasteiger partial charge in [-0.2, -0.15) is 5.10 Å². The zero-order chi connectivity index (χ0) is 49.4. The van der Waals surface area contributed by atoms with Crippen molar-refractivity contribution < 1.29 is 19.2 Å². The van der Waals surface area contributed by atoms with Crippen molar-refractivity contribution in [2.24, 2.45) is 12.2 Å². The summed E-state index contributed by atoms with van der Waals surface area (Å²) in [5, 5.41) is 10.4. The van der Waals surface area contributed by atoms with Gasteiger partial charge in [0.25, 0.3) is 5.56 Å². The number of nitrogens with zero attached hydrogens (tertiary/aromatic N) is 3. The lowest BCUT2D eigenvalue weighted by molar-refractivity contribution is 0.00934. The van der Waals surface area contributed by atoms with E-state index in [0.29, 0.717) is 5.76 Å². The van der Waals surface area contributed by atoms with Gasteiger partial charge in [0, 0.05) is 39.4 Å². The van der Waals surface area contributed by atoms with E-state index in [-0.39, 0.29) is 21.4 Å². The van der Waals surface area contributed by atoms with E-state index in [1.165, 1.54) is 105 Å². The lowest BCUT2D eigenvalue weighted by atomic mass is 9.84. The van der Waals surface area contributed by atoms with Crippen molar-refractivity contribution in [3.05, 3.63) is 145 Å². The van der Waals surface area contributed by atoms with Crippen LogP contribution >= 0.6 is 11.8 Å². The standard InChI is InChI=1S/C14H18N2O.C14H17NO.C14H18O2.C14H18OS/c1-7-8(2)10(4)13-12(9(7)3)11(5)15-16(6)14(13)17;1-7-8(2)10(4)14-12(6)16-15-11(5)13(14)9(7)3;2*1-7-8(2)10(4)12-11(9(7)3)13(15)16-14(12,5)6/h1-6H3;6H2,1-5H3;2*1-6H3. The van der Waals surface area contributed by atoms with Crippen LogP contribution in [0.25, 0.3) is 16.5 Å². The van der Waals surface area contributed by atoms with Crippen LogP contribution in [0.3, 0.4) is 0 Å². The molecule has 3 aliphatic heterocycles. The van der Waals surface area contributed by atoms with Crippen molar-refractivity contribution in [3.63, 3.8) is 0 Å². The summed E-state index contributed by atoms with van der Waals surface area (Å²) < 4.78 is 6.81. The Bertz CT molecular complexity index is 2920. The first-order valence-electron chi connectivity index (χ1n) is 22.5. The molecule has 0 radical (unpaired) electrons. The van der Waals surface area contributed by atoms with Crippen molar-refractivity contribution in [1.29, 1.82) is 0 Å². The Hall–Kier alpha value is -5.28. The fourth-order valence-corrected chi connectivity index (χ4v) is 11.3. The number of thioether (sulfide) groups is 1. The molecule has 4 aromatic carbocycles. The van der Waals surface area contributed by atoms with Gasteiger partial charge in [-0.1, -0.05) is 23.5 Å². The molecular weight excluding hydrogens is 827 g/mol. The molecule has 8 nitrogen and oxygen atoms in total. The van der Waals surface area contributed by atoms with Gasteiger partial charge in [0.2, 0.25) is 5.12 Å². The van der Waals surface area contributed by atoms with Crippen molar-refractivity contribution in [2.75, 3.05) is 0 Å². The number of ether oxygens (including phenoxy) is 1. The summed E-state index contributed by atoms with van der Waals surface area (Å²) in [6.45, 7) is 49.6. The van der Waals surface area contributed by atoms with Crippen LogP contribution in [-0.4, -0.2) is 26.6 Å². The number of aromatic nitrogens is 2. The first-order chi connectivity index (χ1) is 29.8. The number of rotatable bonds is 0. The molecule has 9 heteroatoms. The predicted molar refractivity (Wildman–Crippen MR) is 273 cm³/mol. The maximum Gasteiger partial charge on any atom is 0.339 e. The molecule has 0 saturated carbocycles. The molecule has 346 valence electrons. The van der Waals surface area contributed by atoms with Gasteiger partial charge in [-0.25, -0.2) is 9.48 Å². The van der Waals surface area contributed by atoms with Gasteiger partial charge in [-0.15, -0.1) is 0 Å². The molecule has 1 aromatic heterocycles. The third-order valence-electron chi connectivity index (χ3n) is 15.2. The van der Waals surface area contributed by atoms with Crippen LogP contribution in [0.2, 0.25) is 0 Å². The summed E-state index contributed by atoms with van der Waals surface area (Å²) in [6, 6.07) is 0. The number of aryl methyl sites for hydroxylation is 4. The number of carbonyl (C=O) groups excluding carboxylic acids is 2. The van der Waals surface area contributed by atoms with E-state index in [2.05, 4.69) is 128 Å². The number of benzene rings is 4. The molecule has 0 amide bonds. The Morgan fingerprint density at radius 3 is 1.40 bits per heavy atom. The number of fused-ring (bicyclic) bond motifs is 4. The van der Waals surface area contributed by atoms with Crippen LogP contribution in [0.5, 0.6) is 0 Å². The highest BCUT2D eigenvalue weighted by molar-refractivity contribution is 8.15. The second-order valence-corrected chi connectivity index (χ2v) is 21.1. The third-order valence-corrected chi connectivity index (χ3v) is 16.3. The number of esters is 1. The average Bonchev–Trinajstić information content (AvgIpc) is 3.64. The summed E-state index contributed by atoms with van der Waals surface area (Å²) >= 11 is 1.46. The van der Waals surface area contributed by atoms with Crippen LogP contribution in [0.1, 0.15) is 172 Å². The van der Waals surface area contributed by atoms with Crippen LogP contribution in [0.15, 0.2) is 16.5 Å². The number of hydrogen-bond acceptors (Lipinski definition) is 8. The van der Waals surface area contributed by atoms with Crippen LogP contribution in [0, 0.1) is 118 Å². The van der Waals surface area contributed by atoms with Crippen molar-refractivity contribution in [3.8, 4) is 0 Å². The first-order valence-corrected chi connectivity index (χ1v) is 23.3. The Morgan fingerprint density at radius 1 is 0.492 bits per heavy atom. The Balaban J connectivity index is 0.000000163. The number of cyclic esters (lactones) is 1. The molecule has 65 heavy (non-hydrogen) atoms. The second-order valence-electron chi connectivity index (χ2n) is 19.5. The molecule has 0 bridgehead atoms. The van der Waals surface area contributed by atoms with E-state index in [4.69, 9.17) is 9.57 Å². The Morgan fingerprint density at radius 2 is 0.892 bits per heavy atom. The van der Waals surface area contributed by atoms with E-state index >= 15 is 0 Å². The molecule has 0 fully saturated rings. The summed E-state index contributed by atoms with van der Waals surface area (Å²) in [5.41, 5.74) is 27.4. The average molecular weight is 898 g/mol. The van der Waals surface area contributed by atoms with Gasteiger partial charge < -0.3 is 9.57 Å². The van der Waals surface area contributed by atoms with Gasteiger partial charge in [0.1, 0.15) is 5.60 Å². The Labute approximate surface area is 392 Å². The summed E-state index contributed by atoms with van der Waals surface area (Å²) in [5.74, 6) is 0.480. The summed E-state index contributed by atoms with van der Waals surface area (Å²) in [7, 11) is 1.71. The number of oxime groups is 1. The third kappa shape index (κ3) is 8.43. The minimum atomic E-state index is -0.486. The lowest BCUT2D eigenvalue weighted by Crippen LogP contribution is -2.22. The highest BCUT2D eigenvalue weighted by Crippen LogP contribution is 2.50. The molecule has 0 saturated heterocycles. The lowest BCUT2D eigenvalue weighted by Gasteiger charge is -2.23. The molecule has 8 rings (SSSR count). The molecule has 0 spiro atoms. The van der Waals surface area contributed by atoms with E-state index in [0.717, 1.165) is 55.6 Å². The Kier molecular flexibility index (Phi) is 13.9. The SMILES string of the molecule is C=C1ON=C(C)c2c(C)c(C)c(C)c(C)c21.Cc1c(C)c(C)c2c(=O)n(C)nc(C)c2c1C.Cc1c(C)c(C)c2c(c1C)C(=O)OC2(C)C.Cc1c(C)c(C)c2c(c1C)C(=O)SC2(C)C. The molecule has 0 aliphatic carbocycles. The minimum Gasteiger partial charge on any atom is -0.451 e. The monoisotopic (exact) mass is 898 g/mol. The van der Waals surface area contributed by atoms with Gasteiger partial charge in [0.05, 0.1) is 22.4 Å². The van der Waals surface area contributed by atoms with Gasteiger partial charge >= 0.3 is 5.97 Å². The second kappa shape index (κ2) is 17.8. The van der Waals surface area contributed by atoms with Crippen LogP contribution < -0.4 is 5.56 Å². The smallest absolute Gasteiger partial charge is 0.339 e.